The van der Waals surface area contributed by atoms with Gasteiger partial charge in [0.25, 0.3) is 0 Å². The smallest absolute Gasteiger partial charge is 0.202 e. The second-order valence-electron chi connectivity index (χ2n) is 6.67. The highest BCUT2D eigenvalue weighted by molar-refractivity contribution is 7.09. The Morgan fingerprint density at radius 1 is 1.18 bits per heavy atom. The SMILES string of the molecule is CC(C)C(C)(C)CNc1nc(C(C)(C)C)ns1. The maximum Gasteiger partial charge on any atom is 0.202 e. The van der Waals surface area contributed by atoms with Crippen LogP contribution in [-0.4, -0.2) is 15.9 Å². The van der Waals surface area contributed by atoms with Gasteiger partial charge in [-0.05, 0) is 11.3 Å². The molecule has 0 unspecified atom stereocenters. The fraction of sp³-hybridized carbons (Fsp3) is 0.846. The summed E-state index contributed by atoms with van der Waals surface area (Å²) in [6, 6.07) is 0. The maximum absolute atomic E-state index is 4.54. The molecule has 1 rings (SSSR count). The Bertz CT molecular complexity index is 361. The van der Waals surface area contributed by atoms with Gasteiger partial charge in [-0.2, -0.15) is 4.37 Å². The minimum Gasteiger partial charge on any atom is -0.360 e. The van der Waals surface area contributed by atoms with E-state index in [9.17, 15) is 0 Å². The largest absolute Gasteiger partial charge is 0.360 e. The first-order valence-corrected chi connectivity index (χ1v) is 6.98. The van der Waals surface area contributed by atoms with Crippen LogP contribution in [0, 0.1) is 11.3 Å². The van der Waals surface area contributed by atoms with E-state index in [1.807, 2.05) is 0 Å². The Morgan fingerprint density at radius 2 is 1.76 bits per heavy atom. The molecule has 0 spiro atoms. The van der Waals surface area contributed by atoms with E-state index in [2.05, 4.69) is 63.1 Å². The Kier molecular flexibility index (Phi) is 4.18. The predicted octanol–water partition coefficient (Wildman–Crippen LogP) is 3.93. The van der Waals surface area contributed by atoms with Crippen molar-refractivity contribution in [3.8, 4) is 0 Å². The third kappa shape index (κ3) is 3.95. The minimum absolute atomic E-state index is 0.0317. The van der Waals surface area contributed by atoms with E-state index in [1.54, 1.807) is 0 Å². The molecule has 98 valence electrons. The number of rotatable bonds is 4. The van der Waals surface area contributed by atoms with Gasteiger partial charge in [-0.3, -0.25) is 0 Å². The lowest BCUT2D eigenvalue weighted by atomic mass is 9.81. The highest BCUT2D eigenvalue weighted by Gasteiger charge is 2.23. The van der Waals surface area contributed by atoms with Crippen molar-refractivity contribution in [2.45, 2.75) is 53.9 Å². The van der Waals surface area contributed by atoms with Crippen LogP contribution in [0.1, 0.15) is 54.3 Å². The van der Waals surface area contributed by atoms with Crippen molar-refractivity contribution in [3.05, 3.63) is 5.82 Å². The standard InChI is InChI=1S/C13H25N3S/c1-9(2)13(6,7)8-14-11-15-10(16-17-11)12(3,4)5/h9H,8H2,1-7H3,(H,14,15,16). The summed E-state index contributed by atoms with van der Waals surface area (Å²) in [6.07, 6.45) is 0. The summed E-state index contributed by atoms with van der Waals surface area (Å²) in [5, 5.41) is 4.34. The summed E-state index contributed by atoms with van der Waals surface area (Å²) >= 11 is 1.46. The zero-order chi connectivity index (χ0) is 13.3. The van der Waals surface area contributed by atoms with Crippen LogP contribution in [0.3, 0.4) is 0 Å². The molecular formula is C13H25N3S. The lowest BCUT2D eigenvalue weighted by Crippen LogP contribution is -2.28. The number of aromatic nitrogens is 2. The second-order valence-corrected chi connectivity index (χ2v) is 7.42. The Labute approximate surface area is 109 Å². The van der Waals surface area contributed by atoms with Crippen molar-refractivity contribution in [2.24, 2.45) is 11.3 Å². The molecular weight excluding hydrogens is 230 g/mol. The van der Waals surface area contributed by atoms with Crippen LogP contribution in [0.2, 0.25) is 0 Å². The lowest BCUT2D eigenvalue weighted by molar-refractivity contribution is 0.269. The summed E-state index contributed by atoms with van der Waals surface area (Å²) < 4.78 is 4.40. The van der Waals surface area contributed by atoms with E-state index in [1.165, 1.54) is 11.5 Å². The normalized spacial score (nSPS) is 13.2. The van der Waals surface area contributed by atoms with Crippen LogP contribution in [0.15, 0.2) is 0 Å². The van der Waals surface area contributed by atoms with Crippen LogP contribution in [0.5, 0.6) is 0 Å². The number of hydrogen-bond acceptors (Lipinski definition) is 4. The third-order valence-corrected chi connectivity index (χ3v) is 4.03. The van der Waals surface area contributed by atoms with E-state index < -0.39 is 0 Å². The highest BCUT2D eigenvalue weighted by atomic mass is 32.1. The molecule has 0 fully saturated rings. The summed E-state index contributed by atoms with van der Waals surface area (Å²) in [7, 11) is 0. The van der Waals surface area contributed by atoms with Gasteiger partial charge in [0.2, 0.25) is 5.13 Å². The van der Waals surface area contributed by atoms with Crippen molar-refractivity contribution in [1.29, 1.82) is 0 Å². The fourth-order valence-electron chi connectivity index (χ4n) is 1.11. The average Bonchev–Trinajstić information content (AvgIpc) is 2.62. The molecule has 0 atom stereocenters. The molecule has 0 aliphatic carbocycles. The Hall–Kier alpha value is -0.640. The van der Waals surface area contributed by atoms with Gasteiger partial charge in [0.15, 0.2) is 0 Å². The zero-order valence-electron chi connectivity index (χ0n) is 12.1. The Morgan fingerprint density at radius 3 is 2.18 bits per heavy atom. The highest BCUT2D eigenvalue weighted by Crippen LogP contribution is 2.28. The van der Waals surface area contributed by atoms with Gasteiger partial charge in [0.1, 0.15) is 5.82 Å². The molecule has 4 heteroatoms. The molecule has 0 aliphatic heterocycles. The van der Waals surface area contributed by atoms with Crippen LogP contribution in [-0.2, 0) is 5.41 Å². The molecule has 1 aromatic rings. The van der Waals surface area contributed by atoms with E-state index >= 15 is 0 Å². The molecule has 0 bridgehead atoms. The molecule has 0 radical (unpaired) electrons. The quantitative estimate of drug-likeness (QED) is 0.886. The number of nitrogens with one attached hydrogen (secondary N) is 1. The summed E-state index contributed by atoms with van der Waals surface area (Å²) in [5.41, 5.74) is 0.303. The van der Waals surface area contributed by atoms with Crippen molar-refractivity contribution in [2.75, 3.05) is 11.9 Å². The van der Waals surface area contributed by atoms with E-state index in [4.69, 9.17) is 0 Å². The fourth-order valence-corrected chi connectivity index (χ4v) is 1.86. The number of hydrogen-bond donors (Lipinski definition) is 1. The summed E-state index contributed by atoms with van der Waals surface area (Å²) in [5.74, 6) is 1.57. The molecule has 17 heavy (non-hydrogen) atoms. The molecule has 1 heterocycles. The van der Waals surface area contributed by atoms with E-state index in [-0.39, 0.29) is 10.8 Å². The minimum atomic E-state index is 0.0317. The van der Waals surface area contributed by atoms with Crippen molar-refractivity contribution in [1.82, 2.24) is 9.36 Å². The monoisotopic (exact) mass is 255 g/mol. The Balaban J connectivity index is 2.63. The van der Waals surface area contributed by atoms with Crippen LogP contribution in [0.4, 0.5) is 5.13 Å². The second kappa shape index (κ2) is 4.92. The van der Waals surface area contributed by atoms with Crippen LogP contribution >= 0.6 is 11.5 Å². The molecule has 0 amide bonds. The molecule has 0 aromatic carbocycles. The topological polar surface area (TPSA) is 37.8 Å². The van der Waals surface area contributed by atoms with Crippen molar-refractivity contribution >= 4 is 16.7 Å². The van der Waals surface area contributed by atoms with Crippen LogP contribution in [0.25, 0.3) is 0 Å². The summed E-state index contributed by atoms with van der Waals surface area (Å²) in [4.78, 5) is 4.54. The molecule has 0 saturated heterocycles. The first-order valence-electron chi connectivity index (χ1n) is 6.21. The van der Waals surface area contributed by atoms with Gasteiger partial charge < -0.3 is 5.32 Å². The first-order chi connectivity index (χ1) is 7.63. The van der Waals surface area contributed by atoms with Crippen molar-refractivity contribution < 1.29 is 0 Å². The molecule has 0 saturated carbocycles. The van der Waals surface area contributed by atoms with E-state index in [0.29, 0.717) is 5.92 Å². The molecule has 0 aliphatic rings. The summed E-state index contributed by atoms with van der Waals surface area (Å²) in [6.45, 7) is 16.4. The van der Waals surface area contributed by atoms with Gasteiger partial charge in [0.05, 0.1) is 0 Å². The molecule has 3 nitrogen and oxygen atoms in total. The maximum atomic E-state index is 4.54. The average molecular weight is 255 g/mol. The number of anilines is 1. The third-order valence-electron chi connectivity index (χ3n) is 3.36. The van der Waals surface area contributed by atoms with Gasteiger partial charge in [-0.1, -0.05) is 48.5 Å². The van der Waals surface area contributed by atoms with Gasteiger partial charge >= 0.3 is 0 Å². The van der Waals surface area contributed by atoms with Gasteiger partial charge in [0, 0.05) is 23.5 Å². The van der Waals surface area contributed by atoms with Gasteiger partial charge in [-0.25, -0.2) is 4.98 Å². The molecule has 1 N–H and O–H groups in total. The number of nitrogens with zero attached hydrogens (tertiary/aromatic N) is 2. The first kappa shape index (κ1) is 14.4. The zero-order valence-corrected chi connectivity index (χ0v) is 12.9. The van der Waals surface area contributed by atoms with E-state index in [0.717, 1.165) is 17.5 Å². The predicted molar refractivity (Wildman–Crippen MR) is 75.7 cm³/mol. The lowest BCUT2D eigenvalue weighted by Gasteiger charge is -2.29. The van der Waals surface area contributed by atoms with Crippen molar-refractivity contribution in [3.63, 3.8) is 0 Å². The van der Waals surface area contributed by atoms with Crippen LogP contribution < -0.4 is 5.32 Å². The molecule has 1 aromatic heterocycles. The van der Waals surface area contributed by atoms with Gasteiger partial charge in [-0.15, -0.1) is 0 Å².